The van der Waals surface area contributed by atoms with Gasteiger partial charge in [0.1, 0.15) is 5.75 Å². The summed E-state index contributed by atoms with van der Waals surface area (Å²) >= 11 is 0. The number of carboxylic acid groups (broad SMARTS) is 1. The largest absolute Gasteiger partial charge is 0.493 e. The minimum Gasteiger partial charge on any atom is -0.493 e. The van der Waals surface area contributed by atoms with Crippen LogP contribution in [0.4, 0.5) is 0 Å². The lowest BCUT2D eigenvalue weighted by molar-refractivity contribution is -0.147. The Hall–Kier alpha value is -2.04. The molecule has 2 rings (SSSR count). The molecule has 1 saturated heterocycles. The topological polar surface area (TPSA) is 66.8 Å². The molecule has 5 heteroatoms. The standard InChI is InChI=1S/C17H23NO4/c1-12-4-5-14(10-13(12)2)22-9-6-15(19)18-8-7-17(3,11-18)16(20)21/h4-5,10H,6-9,11H2,1-3H3,(H,20,21)/t17-/m1/s1. The average Bonchev–Trinajstić information content (AvgIpc) is 2.87. The average molecular weight is 305 g/mol. The van der Waals surface area contributed by atoms with E-state index in [4.69, 9.17) is 4.74 Å². The molecule has 1 amide bonds. The van der Waals surface area contributed by atoms with Gasteiger partial charge in [0.15, 0.2) is 0 Å². The fourth-order valence-corrected chi connectivity index (χ4v) is 2.57. The summed E-state index contributed by atoms with van der Waals surface area (Å²) in [5, 5.41) is 9.18. The molecule has 0 aromatic heterocycles. The highest BCUT2D eigenvalue weighted by molar-refractivity contribution is 5.80. The van der Waals surface area contributed by atoms with E-state index in [9.17, 15) is 14.7 Å². The first kappa shape index (κ1) is 16.3. The molecule has 1 fully saturated rings. The second-order valence-corrected chi connectivity index (χ2v) is 6.28. The van der Waals surface area contributed by atoms with Crippen molar-refractivity contribution in [2.24, 2.45) is 5.41 Å². The number of ether oxygens (including phenoxy) is 1. The molecule has 0 saturated carbocycles. The van der Waals surface area contributed by atoms with Gasteiger partial charge in [0.25, 0.3) is 0 Å². The lowest BCUT2D eigenvalue weighted by Crippen LogP contribution is -2.35. The van der Waals surface area contributed by atoms with Crippen LogP contribution in [0.5, 0.6) is 5.75 Å². The number of amides is 1. The Morgan fingerprint density at radius 2 is 2.05 bits per heavy atom. The maximum absolute atomic E-state index is 12.1. The maximum atomic E-state index is 12.1. The molecule has 1 aromatic carbocycles. The molecule has 0 radical (unpaired) electrons. The molecule has 1 aliphatic rings. The van der Waals surface area contributed by atoms with E-state index in [1.165, 1.54) is 5.56 Å². The zero-order chi connectivity index (χ0) is 16.3. The Labute approximate surface area is 130 Å². The molecule has 5 nitrogen and oxygen atoms in total. The van der Waals surface area contributed by atoms with Crippen LogP contribution in [0.15, 0.2) is 18.2 Å². The van der Waals surface area contributed by atoms with Gasteiger partial charge in [-0.1, -0.05) is 6.07 Å². The van der Waals surface area contributed by atoms with E-state index >= 15 is 0 Å². The molecular formula is C17H23NO4. The summed E-state index contributed by atoms with van der Waals surface area (Å²) in [7, 11) is 0. The van der Waals surface area contributed by atoms with E-state index < -0.39 is 11.4 Å². The van der Waals surface area contributed by atoms with E-state index in [1.54, 1.807) is 11.8 Å². The van der Waals surface area contributed by atoms with Crippen molar-refractivity contribution in [2.75, 3.05) is 19.7 Å². The van der Waals surface area contributed by atoms with Gasteiger partial charge in [-0.25, -0.2) is 0 Å². The first-order chi connectivity index (χ1) is 10.3. The van der Waals surface area contributed by atoms with Crippen molar-refractivity contribution in [2.45, 2.75) is 33.6 Å². The summed E-state index contributed by atoms with van der Waals surface area (Å²) in [6.45, 7) is 6.84. The normalized spacial score (nSPS) is 21.0. The number of carbonyl (C=O) groups is 2. The van der Waals surface area contributed by atoms with E-state index in [2.05, 4.69) is 0 Å². The van der Waals surface area contributed by atoms with E-state index in [-0.39, 0.29) is 18.9 Å². The molecule has 0 aliphatic carbocycles. The minimum absolute atomic E-state index is 0.0474. The van der Waals surface area contributed by atoms with Gasteiger partial charge in [0.2, 0.25) is 5.91 Å². The summed E-state index contributed by atoms with van der Waals surface area (Å²) in [6.07, 6.45) is 0.773. The fourth-order valence-electron chi connectivity index (χ4n) is 2.57. The van der Waals surface area contributed by atoms with Crippen molar-refractivity contribution in [1.29, 1.82) is 0 Å². The second kappa shape index (κ2) is 6.38. The number of nitrogens with zero attached hydrogens (tertiary/aromatic N) is 1. The van der Waals surface area contributed by atoms with Crippen LogP contribution in [0.25, 0.3) is 0 Å². The Balaban J connectivity index is 1.81. The monoisotopic (exact) mass is 305 g/mol. The van der Waals surface area contributed by atoms with E-state index in [0.29, 0.717) is 19.6 Å². The van der Waals surface area contributed by atoms with Crippen LogP contribution in [0.1, 0.15) is 30.9 Å². The van der Waals surface area contributed by atoms with Crippen LogP contribution in [-0.4, -0.2) is 41.6 Å². The lowest BCUT2D eigenvalue weighted by Gasteiger charge is -2.20. The summed E-state index contributed by atoms with van der Waals surface area (Å²) in [5.74, 6) is -0.129. The van der Waals surface area contributed by atoms with Gasteiger partial charge in [-0.2, -0.15) is 0 Å². The molecule has 0 bridgehead atoms. The molecular weight excluding hydrogens is 282 g/mol. The van der Waals surface area contributed by atoms with Gasteiger partial charge >= 0.3 is 5.97 Å². The zero-order valence-corrected chi connectivity index (χ0v) is 13.4. The summed E-state index contributed by atoms with van der Waals surface area (Å²) in [6, 6.07) is 5.84. The number of likely N-dealkylation sites (tertiary alicyclic amines) is 1. The maximum Gasteiger partial charge on any atom is 0.311 e. The molecule has 120 valence electrons. The number of hydrogen-bond donors (Lipinski definition) is 1. The van der Waals surface area contributed by atoms with Crippen molar-refractivity contribution in [3.63, 3.8) is 0 Å². The van der Waals surface area contributed by atoms with Crippen LogP contribution in [0.2, 0.25) is 0 Å². The number of hydrogen-bond acceptors (Lipinski definition) is 3. The van der Waals surface area contributed by atoms with Crippen molar-refractivity contribution >= 4 is 11.9 Å². The number of carboxylic acids is 1. The minimum atomic E-state index is -0.839. The third kappa shape index (κ3) is 3.59. The third-order valence-electron chi connectivity index (χ3n) is 4.41. The van der Waals surface area contributed by atoms with Crippen molar-refractivity contribution in [3.8, 4) is 5.75 Å². The predicted octanol–water partition coefficient (Wildman–Crippen LogP) is 2.40. The van der Waals surface area contributed by atoms with Gasteiger partial charge in [-0.05, 0) is 50.5 Å². The fraction of sp³-hybridized carbons (Fsp3) is 0.529. The molecule has 1 aromatic rings. The van der Waals surface area contributed by atoms with Gasteiger partial charge in [-0.15, -0.1) is 0 Å². The molecule has 0 spiro atoms. The molecule has 22 heavy (non-hydrogen) atoms. The quantitative estimate of drug-likeness (QED) is 0.907. The molecule has 1 atom stereocenters. The first-order valence-corrected chi connectivity index (χ1v) is 7.53. The van der Waals surface area contributed by atoms with Crippen LogP contribution in [-0.2, 0) is 9.59 Å². The first-order valence-electron chi connectivity index (χ1n) is 7.53. The van der Waals surface area contributed by atoms with E-state index in [0.717, 1.165) is 11.3 Å². The van der Waals surface area contributed by atoms with Gasteiger partial charge in [0, 0.05) is 13.1 Å². The van der Waals surface area contributed by atoms with Crippen LogP contribution in [0, 0.1) is 19.3 Å². The van der Waals surface area contributed by atoms with Gasteiger partial charge < -0.3 is 14.7 Å². The summed E-state index contributed by atoms with van der Waals surface area (Å²) in [5.41, 5.74) is 1.54. The Bertz CT molecular complexity index is 584. The van der Waals surface area contributed by atoms with Crippen LogP contribution in [0.3, 0.4) is 0 Å². The number of aliphatic carboxylic acids is 1. The highest BCUT2D eigenvalue weighted by Gasteiger charge is 2.41. The van der Waals surface area contributed by atoms with Crippen LogP contribution < -0.4 is 4.74 Å². The van der Waals surface area contributed by atoms with Gasteiger partial charge in [-0.3, -0.25) is 9.59 Å². The smallest absolute Gasteiger partial charge is 0.311 e. The Morgan fingerprint density at radius 3 is 2.64 bits per heavy atom. The molecule has 1 aliphatic heterocycles. The molecule has 1 N–H and O–H groups in total. The van der Waals surface area contributed by atoms with Gasteiger partial charge in [0.05, 0.1) is 18.4 Å². The number of benzene rings is 1. The van der Waals surface area contributed by atoms with E-state index in [1.807, 2.05) is 32.0 Å². The Morgan fingerprint density at radius 1 is 1.32 bits per heavy atom. The highest BCUT2D eigenvalue weighted by atomic mass is 16.5. The molecule has 0 unspecified atom stereocenters. The van der Waals surface area contributed by atoms with Crippen molar-refractivity contribution < 1.29 is 19.4 Å². The summed E-state index contributed by atoms with van der Waals surface area (Å²) in [4.78, 5) is 24.9. The van der Waals surface area contributed by atoms with Crippen molar-refractivity contribution in [1.82, 2.24) is 4.90 Å². The number of aryl methyl sites for hydroxylation is 2. The molecule has 1 heterocycles. The third-order valence-corrected chi connectivity index (χ3v) is 4.41. The lowest BCUT2D eigenvalue weighted by atomic mass is 9.90. The van der Waals surface area contributed by atoms with Crippen LogP contribution >= 0.6 is 0 Å². The Kier molecular flexibility index (Phi) is 4.74. The number of carbonyl (C=O) groups excluding carboxylic acids is 1. The second-order valence-electron chi connectivity index (χ2n) is 6.28. The summed E-state index contributed by atoms with van der Waals surface area (Å²) < 4.78 is 5.61. The highest BCUT2D eigenvalue weighted by Crippen LogP contribution is 2.30. The predicted molar refractivity (Wildman–Crippen MR) is 83.0 cm³/mol. The van der Waals surface area contributed by atoms with Crippen molar-refractivity contribution in [3.05, 3.63) is 29.3 Å². The number of rotatable bonds is 5. The zero-order valence-electron chi connectivity index (χ0n) is 13.4. The SMILES string of the molecule is Cc1ccc(OCCC(=O)N2CC[C@@](C)(C(=O)O)C2)cc1C.